The molecule has 1 atom stereocenters. The summed E-state index contributed by atoms with van der Waals surface area (Å²) in [5, 5.41) is 3.02. The van der Waals surface area contributed by atoms with Gasteiger partial charge in [0.25, 0.3) is 5.91 Å². The van der Waals surface area contributed by atoms with Crippen LogP contribution in [-0.4, -0.2) is 34.1 Å². The molecule has 1 aromatic carbocycles. The summed E-state index contributed by atoms with van der Waals surface area (Å²) in [6, 6.07) is 6.21. The molecule has 9 heteroatoms. The Bertz CT molecular complexity index is 916. The highest BCUT2D eigenvalue weighted by Crippen LogP contribution is 2.34. The minimum absolute atomic E-state index is 0.0947. The van der Waals surface area contributed by atoms with E-state index in [0.717, 1.165) is 12.8 Å². The van der Waals surface area contributed by atoms with Crippen molar-refractivity contribution in [2.45, 2.75) is 37.9 Å². The van der Waals surface area contributed by atoms with Gasteiger partial charge in [-0.15, -0.1) is 0 Å². The molecule has 1 aliphatic carbocycles. The molecule has 2 amide bonds. The highest BCUT2D eigenvalue weighted by molar-refractivity contribution is 6.30. The van der Waals surface area contributed by atoms with Crippen LogP contribution < -0.4 is 15.2 Å². The Morgan fingerprint density at radius 1 is 1.27 bits per heavy atom. The molecule has 2 aliphatic rings. The van der Waals surface area contributed by atoms with Crippen LogP contribution in [0.2, 0.25) is 5.02 Å². The monoisotopic (exact) mass is 377 g/mol. The van der Waals surface area contributed by atoms with Crippen molar-refractivity contribution in [2.75, 3.05) is 4.90 Å². The number of carbonyl (C=O) groups is 2. The van der Waals surface area contributed by atoms with Gasteiger partial charge in [0.05, 0.1) is 24.7 Å². The Kier molecular flexibility index (Phi) is 4.16. The van der Waals surface area contributed by atoms with Gasteiger partial charge in [-0.05, 0) is 42.4 Å². The number of halogens is 1. The maximum atomic E-state index is 13.0. The zero-order valence-corrected chi connectivity index (χ0v) is 14.9. The van der Waals surface area contributed by atoms with Gasteiger partial charge < -0.3 is 0 Å². The zero-order chi connectivity index (χ0) is 18.4. The molecule has 1 aromatic heterocycles. The SMILES string of the molecule is C[n+]1[nH]oc(=O)c1CN(C1CC1)C1CC(=O)N(c2ccc(Cl)cc2)C1=O. The molecule has 1 aliphatic heterocycles. The van der Waals surface area contributed by atoms with E-state index in [1.807, 2.05) is 4.90 Å². The van der Waals surface area contributed by atoms with E-state index < -0.39 is 11.7 Å². The number of aromatic nitrogens is 2. The molecule has 0 radical (unpaired) electrons. The van der Waals surface area contributed by atoms with Crippen molar-refractivity contribution in [2.24, 2.45) is 7.05 Å². The van der Waals surface area contributed by atoms with Crippen LogP contribution in [0.5, 0.6) is 0 Å². The third kappa shape index (κ3) is 2.95. The lowest BCUT2D eigenvalue weighted by Gasteiger charge is -2.25. The van der Waals surface area contributed by atoms with Crippen molar-refractivity contribution in [3.05, 3.63) is 45.4 Å². The molecule has 0 bridgehead atoms. The van der Waals surface area contributed by atoms with Crippen molar-refractivity contribution in [3.8, 4) is 0 Å². The fourth-order valence-corrected chi connectivity index (χ4v) is 3.47. The molecule has 0 spiro atoms. The van der Waals surface area contributed by atoms with Crippen LogP contribution in [-0.2, 0) is 23.2 Å². The first-order valence-electron chi connectivity index (χ1n) is 8.40. The Morgan fingerprint density at radius 2 is 1.96 bits per heavy atom. The summed E-state index contributed by atoms with van der Waals surface area (Å²) < 4.78 is 6.29. The summed E-state index contributed by atoms with van der Waals surface area (Å²) in [7, 11) is 1.67. The molecular formula is C17H18ClN4O4+. The first-order valence-corrected chi connectivity index (χ1v) is 8.78. The van der Waals surface area contributed by atoms with Crippen molar-refractivity contribution in [3.63, 3.8) is 0 Å². The number of imide groups is 1. The van der Waals surface area contributed by atoms with Gasteiger partial charge in [0.15, 0.2) is 7.05 Å². The summed E-state index contributed by atoms with van der Waals surface area (Å²) >= 11 is 5.89. The molecule has 136 valence electrons. The molecular weight excluding hydrogens is 360 g/mol. The van der Waals surface area contributed by atoms with Crippen molar-refractivity contribution in [1.82, 2.24) is 10.2 Å². The second-order valence-electron chi connectivity index (χ2n) is 6.65. The van der Waals surface area contributed by atoms with Crippen molar-refractivity contribution < 1.29 is 18.8 Å². The van der Waals surface area contributed by atoms with E-state index in [0.29, 0.717) is 16.4 Å². The third-order valence-corrected chi connectivity index (χ3v) is 5.12. The largest absolute Gasteiger partial charge is 0.431 e. The van der Waals surface area contributed by atoms with Crippen LogP contribution >= 0.6 is 11.6 Å². The van der Waals surface area contributed by atoms with Gasteiger partial charge >= 0.3 is 11.3 Å². The lowest BCUT2D eigenvalue weighted by Crippen LogP contribution is -2.47. The Morgan fingerprint density at radius 3 is 2.54 bits per heavy atom. The van der Waals surface area contributed by atoms with Crippen molar-refractivity contribution >= 4 is 29.1 Å². The molecule has 1 saturated heterocycles. The summed E-state index contributed by atoms with van der Waals surface area (Å²) in [4.78, 5) is 40.5. The smallest absolute Gasteiger partial charge is 0.283 e. The maximum Gasteiger partial charge on any atom is 0.431 e. The predicted octanol–water partition coefficient (Wildman–Crippen LogP) is 0.742. The van der Waals surface area contributed by atoms with E-state index in [4.69, 9.17) is 16.1 Å². The zero-order valence-electron chi connectivity index (χ0n) is 14.1. The number of hydrogen-bond acceptors (Lipinski definition) is 5. The fraction of sp³-hybridized carbons (Fsp3) is 0.412. The molecule has 2 heterocycles. The number of anilines is 1. The summed E-state index contributed by atoms with van der Waals surface area (Å²) in [5.74, 6) is -0.523. The number of rotatable bonds is 5. The summed E-state index contributed by atoms with van der Waals surface area (Å²) in [5.41, 5.74) is 0.459. The van der Waals surface area contributed by atoms with Crippen LogP contribution in [0.15, 0.2) is 33.6 Å². The van der Waals surface area contributed by atoms with Crippen molar-refractivity contribution in [1.29, 1.82) is 0 Å². The topological polar surface area (TPSA) is 90.5 Å². The minimum Gasteiger partial charge on any atom is -0.283 e. The standard InChI is InChI=1S/C17H17ClN4O4/c1-20-14(17(25)26-19-20)9-21(11-6-7-11)13-8-15(23)22(16(13)24)12-4-2-10(18)3-5-12/h2-5,11,13H,6-9H2,1H3/p+1. The Balaban J connectivity index is 1.61. The highest BCUT2D eigenvalue weighted by Gasteiger charge is 2.48. The first-order chi connectivity index (χ1) is 12.5. The fourth-order valence-electron chi connectivity index (χ4n) is 3.34. The van der Waals surface area contributed by atoms with Gasteiger partial charge in [0, 0.05) is 11.1 Å². The quantitative estimate of drug-likeness (QED) is 0.613. The number of amides is 2. The number of aryl methyl sites for hydroxylation is 1. The molecule has 2 fully saturated rings. The summed E-state index contributed by atoms with van der Waals surface area (Å²) in [6.45, 7) is 0.255. The number of hydrogen-bond donors (Lipinski definition) is 1. The molecule has 4 rings (SSSR count). The van der Waals surface area contributed by atoms with Gasteiger partial charge in [-0.2, -0.15) is 0 Å². The van der Waals surface area contributed by atoms with Crippen LogP contribution in [0.1, 0.15) is 25.0 Å². The van der Waals surface area contributed by atoms with Gasteiger partial charge in [-0.1, -0.05) is 16.3 Å². The van der Waals surface area contributed by atoms with Crippen LogP contribution in [0.4, 0.5) is 5.69 Å². The number of carbonyl (C=O) groups excluding carboxylic acids is 2. The van der Waals surface area contributed by atoms with Crippen LogP contribution in [0.25, 0.3) is 0 Å². The van der Waals surface area contributed by atoms with E-state index in [1.165, 1.54) is 9.58 Å². The summed E-state index contributed by atoms with van der Waals surface area (Å²) in [6.07, 6.45) is 1.98. The molecule has 26 heavy (non-hydrogen) atoms. The number of nitrogens with zero attached hydrogens (tertiary/aromatic N) is 3. The predicted molar refractivity (Wildman–Crippen MR) is 91.4 cm³/mol. The normalized spacial score (nSPS) is 20.4. The Hall–Kier alpha value is -2.45. The number of nitrogens with one attached hydrogen (secondary N) is 1. The first kappa shape index (κ1) is 17.0. The van der Waals surface area contributed by atoms with Gasteiger partial charge in [-0.25, -0.2) is 9.69 Å². The van der Waals surface area contributed by atoms with Gasteiger partial charge in [0.1, 0.15) is 0 Å². The molecule has 8 nitrogen and oxygen atoms in total. The number of H-pyrrole nitrogens is 1. The molecule has 1 saturated carbocycles. The highest BCUT2D eigenvalue weighted by atomic mass is 35.5. The van der Waals surface area contributed by atoms with Gasteiger partial charge in [0.2, 0.25) is 5.91 Å². The van der Waals surface area contributed by atoms with Gasteiger partial charge in [-0.3, -0.25) is 19.0 Å². The van der Waals surface area contributed by atoms with E-state index in [2.05, 4.69) is 5.27 Å². The Labute approximate surface area is 153 Å². The molecule has 1 N–H and O–H groups in total. The van der Waals surface area contributed by atoms with E-state index in [1.54, 1.807) is 31.3 Å². The lowest BCUT2D eigenvalue weighted by atomic mass is 10.2. The van der Waals surface area contributed by atoms with E-state index >= 15 is 0 Å². The molecule has 2 aromatic rings. The maximum absolute atomic E-state index is 13.0. The average Bonchev–Trinajstić information content (AvgIpc) is 3.35. The number of benzene rings is 1. The molecule has 1 unspecified atom stereocenters. The van der Waals surface area contributed by atoms with E-state index in [-0.39, 0.29) is 30.8 Å². The van der Waals surface area contributed by atoms with Crippen LogP contribution in [0.3, 0.4) is 0 Å². The second kappa shape index (κ2) is 6.37. The lowest BCUT2D eigenvalue weighted by molar-refractivity contribution is -0.747. The second-order valence-corrected chi connectivity index (χ2v) is 7.09. The van der Waals surface area contributed by atoms with Crippen LogP contribution in [0, 0.1) is 0 Å². The minimum atomic E-state index is -0.583. The third-order valence-electron chi connectivity index (χ3n) is 4.87. The van der Waals surface area contributed by atoms with E-state index in [9.17, 15) is 14.4 Å². The average molecular weight is 378 g/mol. The number of aromatic amines is 1.